The summed E-state index contributed by atoms with van der Waals surface area (Å²) in [5.74, 6) is 0.799. The van der Waals surface area contributed by atoms with Gasteiger partial charge in [0, 0.05) is 0 Å². The van der Waals surface area contributed by atoms with Crippen LogP contribution in [0.5, 0.6) is 0 Å². The van der Waals surface area contributed by atoms with Gasteiger partial charge in [0.1, 0.15) is 0 Å². The van der Waals surface area contributed by atoms with Crippen LogP contribution in [0.25, 0.3) is 0 Å². The van der Waals surface area contributed by atoms with Crippen molar-refractivity contribution in [2.24, 2.45) is 5.41 Å². The first kappa shape index (κ1) is 13.6. The molecule has 1 aromatic rings. The molecule has 1 heteroatoms. The van der Waals surface area contributed by atoms with Gasteiger partial charge in [-0.25, -0.2) is 0 Å². The molecule has 1 aromatic carbocycles. The van der Waals surface area contributed by atoms with Crippen LogP contribution >= 0.6 is 0 Å². The molecule has 0 aromatic heterocycles. The van der Waals surface area contributed by atoms with Gasteiger partial charge in [0.15, 0.2) is 0 Å². The van der Waals surface area contributed by atoms with Crippen molar-refractivity contribution in [3.8, 4) is 0 Å². The van der Waals surface area contributed by atoms with E-state index in [0.29, 0.717) is 5.41 Å². The lowest BCUT2D eigenvalue weighted by molar-refractivity contribution is 0.224. The van der Waals surface area contributed by atoms with E-state index in [4.69, 9.17) is 0 Å². The number of benzene rings is 1. The molecule has 1 fully saturated rings. The average Bonchev–Trinajstić information content (AvgIpc) is 2.37. The monoisotopic (exact) mass is 245 g/mol. The van der Waals surface area contributed by atoms with Gasteiger partial charge in [0.25, 0.3) is 0 Å². The third kappa shape index (κ3) is 3.58. The quantitative estimate of drug-likeness (QED) is 0.841. The van der Waals surface area contributed by atoms with Gasteiger partial charge in [-0.3, -0.25) is 0 Å². The minimum atomic E-state index is 0.570. The summed E-state index contributed by atoms with van der Waals surface area (Å²) in [5.41, 5.74) is 3.62. The summed E-state index contributed by atoms with van der Waals surface area (Å²) < 4.78 is 0. The second kappa shape index (κ2) is 5.88. The Hall–Kier alpha value is -0.820. The first-order valence-electron chi connectivity index (χ1n) is 7.34. The van der Waals surface area contributed by atoms with Crippen LogP contribution < -0.4 is 5.32 Å². The van der Waals surface area contributed by atoms with Crippen LogP contribution in [0.3, 0.4) is 0 Å². The van der Waals surface area contributed by atoms with E-state index in [1.807, 2.05) is 7.05 Å². The molecule has 0 spiro atoms. The van der Waals surface area contributed by atoms with Gasteiger partial charge in [-0.1, -0.05) is 38.1 Å². The van der Waals surface area contributed by atoms with Crippen LogP contribution in [0.2, 0.25) is 0 Å². The molecule has 100 valence electrons. The minimum absolute atomic E-state index is 0.570. The maximum atomic E-state index is 3.23. The summed E-state index contributed by atoms with van der Waals surface area (Å²) in [4.78, 5) is 0. The summed E-state index contributed by atoms with van der Waals surface area (Å²) >= 11 is 0. The summed E-state index contributed by atoms with van der Waals surface area (Å²) in [6, 6.07) is 9.25. The number of hydrogen-bond donors (Lipinski definition) is 1. The highest BCUT2D eigenvalue weighted by molar-refractivity contribution is 5.27. The van der Waals surface area contributed by atoms with Crippen molar-refractivity contribution >= 4 is 0 Å². The lowest BCUT2D eigenvalue weighted by Gasteiger charge is -2.34. The lowest BCUT2D eigenvalue weighted by atomic mass is 9.71. The molecule has 1 saturated carbocycles. The molecular formula is C17H27N. The van der Waals surface area contributed by atoms with Crippen molar-refractivity contribution in [3.05, 3.63) is 35.4 Å². The highest BCUT2D eigenvalue weighted by Crippen LogP contribution is 2.42. The molecule has 1 aliphatic carbocycles. The van der Waals surface area contributed by atoms with Crippen LogP contribution in [0, 0.1) is 5.41 Å². The number of hydrogen-bond acceptors (Lipinski definition) is 1. The summed E-state index contributed by atoms with van der Waals surface area (Å²) in [6.07, 6.45) is 6.62. The van der Waals surface area contributed by atoms with E-state index in [-0.39, 0.29) is 0 Å². The predicted octanol–water partition coefficient (Wildman–Crippen LogP) is 4.13. The third-order valence-electron chi connectivity index (χ3n) is 4.43. The first-order valence-corrected chi connectivity index (χ1v) is 7.34. The van der Waals surface area contributed by atoms with E-state index in [0.717, 1.165) is 18.9 Å². The molecule has 0 aliphatic heterocycles. The Morgan fingerprint density at radius 2 is 1.94 bits per heavy atom. The van der Waals surface area contributed by atoms with E-state index < -0.39 is 0 Å². The Balaban J connectivity index is 2.00. The Labute approximate surface area is 112 Å². The first-order chi connectivity index (χ1) is 8.61. The van der Waals surface area contributed by atoms with Gasteiger partial charge < -0.3 is 5.32 Å². The number of likely N-dealkylation sites (N-methyl/N-ethyl adjacent to an activating group) is 1. The van der Waals surface area contributed by atoms with Crippen LogP contribution in [-0.2, 0) is 6.42 Å². The zero-order valence-electron chi connectivity index (χ0n) is 12.1. The summed E-state index contributed by atoms with van der Waals surface area (Å²) in [6.45, 7) is 5.89. The Morgan fingerprint density at radius 1 is 1.22 bits per heavy atom. The van der Waals surface area contributed by atoms with E-state index in [1.54, 1.807) is 5.56 Å². The van der Waals surface area contributed by atoms with Crippen molar-refractivity contribution in [2.75, 3.05) is 13.6 Å². The Kier molecular flexibility index (Phi) is 4.45. The molecule has 0 heterocycles. The standard InChI is InChI=1S/C17H27N/c1-17(2)10-7-15(8-11-17)16-6-4-5-14(13-16)9-12-18-3/h4-6,13,15,18H,7-12H2,1-3H3. The maximum Gasteiger partial charge on any atom is -0.00114 e. The molecule has 0 bridgehead atoms. The molecule has 1 nitrogen and oxygen atoms in total. The molecule has 0 atom stereocenters. The molecule has 0 amide bonds. The summed E-state index contributed by atoms with van der Waals surface area (Å²) in [5, 5.41) is 3.23. The van der Waals surface area contributed by atoms with Gasteiger partial charge in [-0.05, 0) is 68.2 Å². The molecule has 2 rings (SSSR count). The van der Waals surface area contributed by atoms with E-state index in [1.165, 1.54) is 31.2 Å². The molecule has 0 unspecified atom stereocenters. The van der Waals surface area contributed by atoms with Gasteiger partial charge in [-0.15, -0.1) is 0 Å². The van der Waals surface area contributed by atoms with Crippen LogP contribution in [0.15, 0.2) is 24.3 Å². The van der Waals surface area contributed by atoms with Gasteiger partial charge >= 0.3 is 0 Å². The van der Waals surface area contributed by atoms with Crippen LogP contribution in [-0.4, -0.2) is 13.6 Å². The second-order valence-electron chi connectivity index (χ2n) is 6.54. The fraction of sp³-hybridized carbons (Fsp3) is 0.647. The number of rotatable bonds is 4. The molecule has 0 radical (unpaired) electrons. The molecule has 0 saturated heterocycles. The molecule has 18 heavy (non-hydrogen) atoms. The lowest BCUT2D eigenvalue weighted by Crippen LogP contribution is -2.20. The van der Waals surface area contributed by atoms with E-state index in [9.17, 15) is 0 Å². The van der Waals surface area contributed by atoms with E-state index >= 15 is 0 Å². The highest BCUT2D eigenvalue weighted by atomic mass is 14.8. The smallest absolute Gasteiger partial charge is 0.00114 e. The predicted molar refractivity (Wildman–Crippen MR) is 79.1 cm³/mol. The Bertz CT molecular complexity index is 371. The van der Waals surface area contributed by atoms with Crippen LogP contribution in [0.4, 0.5) is 0 Å². The third-order valence-corrected chi connectivity index (χ3v) is 4.43. The fourth-order valence-corrected chi connectivity index (χ4v) is 3.00. The SMILES string of the molecule is CNCCc1cccc(C2CCC(C)(C)CC2)c1. The van der Waals surface area contributed by atoms with E-state index in [2.05, 4.69) is 43.4 Å². The Morgan fingerprint density at radius 3 is 2.61 bits per heavy atom. The normalized spacial score (nSPS) is 19.9. The highest BCUT2D eigenvalue weighted by Gasteiger charge is 2.27. The van der Waals surface area contributed by atoms with Crippen molar-refractivity contribution in [1.82, 2.24) is 5.32 Å². The largest absolute Gasteiger partial charge is 0.319 e. The van der Waals surface area contributed by atoms with Crippen LogP contribution in [0.1, 0.15) is 56.6 Å². The van der Waals surface area contributed by atoms with Gasteiger partial charge in [-0.2, -0.15) is 0 Å². The topological polar surface area (TPSA) is 12.0 Å². The second-order valence-corrected chi connectivity index (χ2v) is 6.54. The van der Waals surface area contributed by atoms with Crippen molar-refractivity contribution < 1.29 is 0 Å². The zero-order valence-corrected chi connectivity index (χ0v) is 12.1. The fourth-order valence-electron chi connectivity index (χ4n) is 3.00. The average molecular weight is 245 g/mol. The number of nitrogens with one attached hydrogen (secondary N) is 1. The van der Waals surface area contributed by atoms with Gasteiger partial charge in [0.2, 0.25) is 0 Å². The molecule has 1 aliphatic rings. The maximum absolute atomic E-state index is 3.23. The van der Waals surface area contributed by atoms with Gasteiger partial charge in [0.05, 0.1) is 0 Å². The summed E-state index contributed by atoms with van der Waals surface area (Å²) in [7, 11) is 2.02. The van der Waals surface area contributed by atoms with Crippen molar-refractivity contribution in [1.29, 1.82) is 0 Å². The molecular weight excluding hydrogens is 218 g/mol. The molecule has 1 N–H and O–H groups in total. The van der Waals surface area contributed by atoms with Crippen molar-refractivity contribution in [3.63, 3.8) is 0 Å². The van der Waals surface area contributed by atoms with Crippen molar-refractivity contribution in [2.45, 2.75) is 51.9 Å². The zero-order chi connectivity index (χ0) is 13.0. The minimum Gasteiger partial charge on any atom is -0.319 e.